The monoisotopic (exact) mass is 395 g/mol. The molecule has 0 bridgehead atoms. The van der Waals surface area contributed by atoms with E-state index in [-0.39, 0.29) is 17.2 Å². The first-order valence-corrected chi connectivity index (χ1v) is 12.4. The lowest BCUT2D eigenvalue weighted by atomic mass is 10.3. The lowest BCUT2D eigenvalue weighted by Gasteiger charge is -2.05. The van der Waals surface area contributed by atoms with Gasteiger partial charge in [0.25, 0.3) is 9.05 Å². The summed E-state index contributed by atoms with van der Waals surface area (Å²) in [6.07, 6.45) is 1.25. The molecular weight excluding hydrogens is 382 g/mol. The summed E-state index contributed by atoms with van der Waals surface area (Å²) in [5.41, 5.74) is 0. The molecule has 122 valence electrons. The van der Waals surface area contributed by atoms with E-state index in [1.165, 1.54) is 6.07 Å². The molecule has 0 aliphatic carbocycles. The smallest absolute Gasteiger partial charge is 0.229 e. The third-order valence-electron chi connectivity index (χ3n) is 2.29. The van der Waals surface area contributed by atoms with Gasteiger partial charge in [0.05, 0.1) is 11.5 Å². The maximum absolute atomic E-state index is 11.5. The molecule has 0 saturated heterocycles. The van der Waals surface area contributed by atoms with Crippen LogP contribution in [0.2, 0.25) is 0 Å². The first-order chi connectivity index (χ1) is 9.39. The van der Waals surface area contributed by atoms with E-state index in [0.29, 0.717) is 4.88 Å². The number of thiophene rings is 1. The molecule has 0 aliphatic rings. The minimum absolute atomic E-state index is 0.000833. The molecule has 0 fully saturated rings. The summed E-state index contributed by atoms with van der Waals surface area (Å²) in [6.45, 7) is 0.0500. The van der Waals surface area contributed by atoms with Gasteiger partial charge in [0.2, 0.25) is 10.0 Å². The minimum Gasteiger partial charge on any atom is -0.229 e. The van der Waals surface area contributed by atoms with Crippen LogP contribution < -0.4 is 4.72 Å². The van der Waals surface area contributed by atoms with E-state index in [2.05, 4.69) is 4.72 Å². The van der Waals surface area contributed by atoms with E-state index in [9.17, 15) is 25.3 Å². The van der Waals surface area contributed by atoms with Gasteiger partial charge in [0.15, 0.2) is 0 Å². The van der Waals surface area contributed by atoms with Crippen molar-refractivity contribution in [3.8, 4) is 0 Å². The topological polar surface area (TPSA) is 114 Å². The zero-order valence-electron chi connectivity index (χ0n) is 10.9. The fourth-order valence-corrected chi connectivity index (χ4v) is 6.06. The highest BCUT2D eigenvalue weighted by molar-refractivity contribution is 8.15. The van der Waals surface area contributed by atoms with Gasteiger partial charge in [-0.25, -0.2) is 30.0 Å². The highest BCUT2D eigenvalue weighted by atomic mass is 35.7. The number of sulfonamides is 1. The largest absolute Gasteiger partial charge is 0.270 e. The van der Waals surface area contributed by atoms with Crippen molar-refractivity contribution in [2.75, 3.05) is 24.3 Å². The summed E-state index contributed by atoms with van der Waals surface area (Å²) in [5.74, 6) is -0.951. The third-order valence-corrected chi connectivity index (χ3v) is 8.12. The molecule has 21 heavy (non-hydrogen) atoms. The number of rotatable bonds is 8. The molecule has 0 radical (unpaired) electrons. The Kier molecular flexibility index (Phi) is 6.21. The van der Waals surface area contributed by atoms with Crippen LogP contribution in [0.25, 0.3) is 0 Å². The quantitative estimate of drug-likeness (QED) is 0.628. The molecule has 1 N–H and O–H groups in total. The Morgan fingerprint density at radius 3 is 2.19 bits per heavy atom. The molecule has 0 aliphatic heterocycles. The lowest BCUT2D eigenvalue weighted by molar-refractivity contribution is 0.579. The summed E-state index contributed by atoms with van der Waals surface area (Å²) >= 11 is 0.957. The van der Waals surface area contributed by atoms with Crippen LogP contribution in [0.4, 0.5) is 0 Å². The van der Waals surface area contributed by atoms with Crippen LogP contribution in [0.3, 0.4) is 0 Å². The molecular formula is C9H14ClNO6S4. The molecule has 0 atom stereocenters. The van der Waals surface area contributed by atoms with Crippen LogP contribution >= 0.6 is 22.0 Å². The van der Waals surface area contributed by atoms with Crippen molar-refractivity contribution in [2.24, 2.45) is 0 Å². The zero-order valence-corrected chi connectivity index (χ0v) is 15.0. The molecule has 7 nitrogen and oxygen atoms in total. The van der Waals surface area contributed by atoms with Crippen molar-refractivity contribution in [1.82, 2.24) is 4.72 Å². The van der Waals surface area contributed by atoms with Gasteiger partial charge in [-0.3, -0.25) is 0 Å². The van der Waals surface area contributed by atoms with Gasteiger partial charge in [0, 0.05) is 28.4 Å². The second-order valence-corrected chi connectivity index (χ2v) is 12.4. The standard InChI is InChI=1S/C9H14ClNO6S4/c1-19(12,13)6-7-20(14,15)11-5-4-8-2-3-9(18-8)21(10,16)17/h2-3,11H,4-7H2,1H3. The summed E-state index contributed by atoms with van der Waals surface area (Å²) in [7, 11) is -5.62. The summed E-state index contributed by atoms with van der Waals surface area (Å²) in [6, 6.07) is 2.89. The number of nitrogens with one attached hydrogen (secondary N) is 1. The van der Waals surface area contributed by atoms with E-state index in [0.717, 1.165) is 17.6 Å². The van der Waals surface area contributed by atoms with Gasteiger partial charge in [-0.1, -0.05) is 0 Å². The maximum atomic E-state index is 11.5. The van der Waals surface area contributed by atoms with Gasteiger partial charge >= 0.3 is 0 Å². The second-order valence-electron chi connectivity index (χ2n) is 4.25. The summed E-state index contributed by atoms with van der Waals surface area (Å²) in [4.78, 5) is 0.653. The van der Waals surface area contributed by atoms with Gasteiger partial charge in [-0.2, -0.15) is 0 Å². The number of hydrogen-bond acceptors (Lipinski definition) is 7. The van der Waals surface area contributed by atoms with Crippen LogP contribution in [-0.4, -0.2) is 49.6 Å². The van der Waals surface area contributed by atoms with Crippen LogP contribution in [0, 0.1) is 0 Å². The van der Waals surface area contributed by atoms with Crippen LogP contribution in [-0.2, 0) is 35.3 Å². The predicted molar refractivity (Wildman–Crippen MR) is 82.6 cm³/mol. The number of sulfone groups is 1. The van der Waals surface area contributed by atoms with Gasteiger partial charge in [-0.15, -0.1) is 11.3 Å². The Bertz CT molecular complexity index is 793. The summed E-state index contributed by atoms with van der Waals surface area (Å²) < 4.78 is 69.3. The van der Waals surface area contributed by atoms with Crippen molar-refractivity contribution in [3.63, 3.8) is 0 Å². The van der Waals surface area contributed by atoms with Crippen LogP contribution in [0.5, 0.6) is 0 Å². The Balaban J connectivity index is 2.52. The SMILES string of the molecule is CS(=O)(=O)CCS(=O)(=O)NCCc1ccc(S(=O)(=O)Cl)s1. The van der Waals surface area contributed by atoms with Crippen molar-refractivity contribution >= 4 is 50.9 Å². The Labute approximate surface area is 132 Å². The zero-order chi connectivity index (χ0) is 16.3. The average Bonchev–Trinajstić information content (AvgIpc) is 2.74. The van der Waals surface area contributed by atoms with E-state index in [1.54, 1.807) is 6.07 Å². The maximum Gasteiger partial charge on any atom is 0.270 e. The predicted octanol–water partition coefficient (Wildman–Crippen LogP) is 0.182. The van der Waals surface area contributed by atoms with Crippen LogP contribution in [0.1, 0.15) is 4.88 Å². The van der Waals surface area contributed by atoms with Crippen molar-refractivity contribution in [3.05, 3.63) is 17.0 Å². The van der Waals surface area contributed by atoms with Crippen LogP contribution in [0.15, 0.2) is 16.3 Å². The second kappa shape index (κ2) is 6.92. The average molecular weight is 396 g/mol. The molecule has 1 aromatic rings. The van der Waals surface area contributed by atoms with Crippen molar-refractivity contribution in [1.29, 1.82) is 0 Å². The number of halogens is 1. The molecule has 0 spiro atoms. The van der Waals surface area contributed by atoms with E-state index in [1.807, 2.05) is 0 Å². The molecule has 1 aromatic heterocycles. The Morgan fingerprint density at radius 2 is 1.71 bits per heavy atom. The van der Waals surface area contributed by atoms with Crippen molar-refractivity contribution in [2.45, 2.75) is 10.6 Å². The molecule has 1 rings (SSSR count). The van der Waals surface area contributed by atoms with Gasteiger partial charge in [-0.05, 0) is 18.6 Å². The first kappa shape index (κ1) is 18.8. The van der Waals surface area contributed by atoms with Gasteiger partial charge in [0.1, 0.15) is 14.0 Å². The Hall–Kier alpha value is -0.200. The van der Waals surface area contributed by atoms with Gasteiger partial charge < -0.3 is 0 Å². The minimum atomic E-state index is -3.78. The highest BCUT2D eigenvalue weighted by Gasteiger charge is 2.15. The Morgan fingerprint density at radius 1 is 1.10 bits per heavy atom. The normalized spacial score (nSPS) is 13.4. The van der Waals surface area contributed by atoms with E-state index >= 15 is 0 Å². The molecule has 0 unspecified atom stereocenters. The van der Waals surface area contributed by atoms with E-state index < -0.39 is 40.4 Å². The highest BCUT2D eigenvalue weighted by Crippen LogP contribution is 2.24. The molecule has 1 heterocycles. The fraction of sp³-hybridized carbons (Fsp3) is 0.556. The number of hydrogen-bond donors (Lipinski definition) is 1. The van der Waals surface area contributed by atoms with E-state index in [4.69, 9.17) is 10.7 Å². The van der Waals surface area contributed by atoms with Crippen molar-refractivity contribution < 1.29 is 25.3 Å². The third kappa shape index (κ3) is 7.56. The fourth-order valence-electron chi connectivity index (χ4n) is 1.29. The first-order valence-electron chi connectivity index (χ1n) is 5.57. The molecule has 0 saturated carbocycles. The molecule has 12 heteroatoms. The summed E-state index contributed by atoms with van der Waals surface area (Å²) in [5, 5.41) is 0. The lowest BCUT2D eigenvalue weighted by Crippen LogP contribution is -2.31. The molecule has 0 aromatic carbocycles. The molecule has 0 amide bonds.